The highest BCUT2D eigenvalue weighted by molar-refractivity contribution is 5.91. The molecule has 1 aromatic carbocycles. The van der Waals surface area contributed by atoms with Crippen LogP contribution < -0.4 is 9.47 Å². The minimum atomic E-state index is 0.0788. The van der Waals surface area contributed by atoms with Gasteiger partial charge in [-0.05, 0) is 49.0 Å². The fraction of sp³-hybridized carbons (Fsp3) is 0.450. The highest BCUT2D eigenvalue weighted by Crippen LogP contribution is 2.28. The molecule has 1 amide bonds. The number of nitrogens with zero attached hydrogens (tertiary/aromatic N) is 1. The van der Waals surface area contributed by atoms with Crippen LogP contribution in [0.15, 0.2) is 36.9 Å². The summed E-state index contributed by atoms with van der Waals surface area (Å²) in [6.07, 6.45) is 8.54. The van der Waals surface area contributed by atoms with E-state index in [4.69, 9.17) is 9.47 Å². The van der Waals surface area contributed by atoms with Gasteiger partial charge in [0, 0.05) is 19.2 Å². The van der Waals surface area contributed by atoms with Crippen LogP contribution in [0.5, 0.6) is 11.5 Å². The number of amides is 1. The highest BCUT2D eigenvalue weighted by Gasteiger charge is 2.16. The summed E-state index contributed by atoms with van der Waals surface area (Å²) in [4.78, 5) is 14.3. The predicted octanol–water partition coefficient (Wildman–Crippen LogP) is 3.92. The number of likely N-dealkylation sites (tertiary alicyclic amines) is 1. The van der Waals surface area contributed by atoms with Crippen molar-refractivity contribution in [3.63, 3.8) is 0 Å². The van der Waals surface area contributed by atoms with E-state index in [-0.39, 0.29) is 5.91 Å². The van der Waals surface area contributed by atoms with Gasteiger partial charge in [0.2, 0.25) is 5.91 Å². The molecule has 1 unspecified atom stereocenters. The molecule has 0 radical (unpaired) electrons. The molecule has 0 spiro atoms. The van der Waals surface area contributed by atoms with Gasteiger partial charge >= 0.3 is 0 Å². The molecule has 2 rings (SSSR count). The lowest BCUT2D eigenvalue weighted by Crippen LogP contribution is -2.30. The van der Waals surface area contributed by atoms with Crippen molar-refractivity contribution in [2.45, 2.75) is 26.2 Å². The quantitative estimate of drug-likeness (QED) is 0.586. The molecule has 1 aromatic rings. The predicted molar refractivity (Wildman–Crippen MR) is 97.3 cm³/mol. The maximum absolute atomic E-state index is 12.4. The second kappa shape index (κ2) is 9.16. The van der Waals surface area contributed by atoms with E-state index in [9.17, 15) is 4.79 Å². The molecule has 4 nitrogen and oxygen atoms in total. The van der Waals surface area contributed by atoms with Crippen molar-refractivity contribution in [1.82, 2.24) is 4.90 Å². The molecule has 0 bridgehead atoms. The summed E-state index contributed by atoms with van der Waals surface area (Å²) in [5.74, 6) is 2.10. The Hall–Kier alpha value is -2.23. The van der Waals surface area contributed by atoms with Crippen LogP contribution >= 0.6 is 0 Å². The Morgan fingerprint density at radius 2 is 2.17 bits per heavy atom. The van der Waals surface area contributed by atoms with Crippen molar-refractivity contribution >= 4 is 12.0 Å². The molecule has 0 N–H and O–H groups in total. The monoisotopic (exact) mass is 329 g/mol. The number of hydrogen-bond donors (Lipinski definition) is 0. The average molecular weight is 329 g/mol. The fourth-order valence-electron chi connectivity index (χ4n) is 2.81. The molecule has 1 saturated heterocycles. The molecule has 0 aromatic heterocycles. The Morgan fingerprint density at radius 1 is 1.33 bits per heavy atom. The van der Waals surface area contributed by atoms with Crippen LogP contribution in [0.4, 0.5) is 0 Å². The van der Waals surface area contributed by atoms with Crippen LogP contribution in [0.3, 0.4) is 0 Å². The first-order valence-electron chi connectivity index (χ1n) is 8.52. The molecular weight excluding hydrogens is 302 g/mol. The lowest BCUT2D eigenvalue weighted by molar-refractivity contribution is -0.125. The zero-order chi connectivity index (χ0) is 17.4. The van der Waals surface area contributed by atoms with E-state index in [2.05, 4.69) is 13.5 Å². The summed E-state index contributed by atoms with van der Waals surface area (Å²) in [6.45, 7) is 8.02. The van der Waals surface area contributed by atoms with Crippen LogP contribution in [0, 0.1) is 5.92 Å². The molecule has 1 atom stereocenters. The van der Waals surface area contributed by atoms with E-state index < -0.39 is 0 Å². The minimum absolute atomic E-state index is 0.0788. The lowest BCUT2D eigenvalue weighted by atomic mass is 10.0. The average Bonchev–Trinajstić information content (AvgIpc) is 2.82. The number of carbonyl (C=O) groups excluding carboxylic acids is 1. The Morgan fingerprint density at radius 3 is 2.92 bits per heavy atom. The van der Waals surface area contributed by atoms with Crippen LogP contribution in [0.1, 0.15) is 31.7 Å². The van der Waals surface area contributed by atoms with Gasteiger partial charge in [-0.1, -0.05) is 25.6 Å². The van der Waals surface area contributed by atoms with Gasteiger partial charge in [0.15, 0.2) is 11.5 Å². The van der Waals surface area contributed by atoms with Gasteiger partial charge in [-0.3, -0.25) is 4.79 Å². The molecule has 0 saturated carbocycles. The van der Waals surface area contributed by atoms with Crippen molar-refractivity contribution in [2.24, 2.45) is 5.92 Å². The second-order valence-corrected chi connectivity index (χ2v) is 6.20. The van der Waals surface area contributed by atoms with Crippen molar-refractivity contribution in [3.8, 4) is 11.5 Å². The molecular formula is C20H27NO3. The normalized spacial score (nSPS) is 18.2. The fourth-order valence-corrected chi connectivity index (χ4v) is 2.81. The van der Waals surface area contributed by atoms with Gasteiger partial charge in [0.1, 0.15) is 6.61 Å². The van der Waals surface area contributed by atoms with Gasteiger partial charge < -0.3 is 14.4 Å². The third kappa shape index (κ3) is 5.15. The second-order valence-electron chi connectivity index (χ2n) is 6.20. The number of hydrogen-bond acceptors (Lipinski definition) is 3. The Balaban J connectivity index is 2.02. The van der Waals surface area contributed by atoms with Gasteiger partial charge in [0.05, 0.1) is 7.11 Å². The van der Waals surface area contributed by atoms with Gasteiger partial charge in [-0.25, -0.2) is 0 Å². The maximum Gasteiger partial charge on any atom is 0.246 e. The molecule has 0 aliphatic carbocycles. The summed E-state index contributed by atoms with van der Waals surface area (Å²) in [5.41, 5.74) is 0.911. The molecule has 1 heterocycles. The first kappa shape index (κ1) is 18.1. The van der Waals surface area contributed by atoms with Crippen LogP contribution in [0.2, 0.25) is 0 Å². The van der Waals surface area contributed by atoms with Crippen LogP contribution in [-0.2, 0) is 4.79 Å². The molecule has 24 heavy (non-hydrogen) atoms. The number of rotatable bonds is 6. The number of methoxy groups -OCH3 is 1. The van der Waals surface area contributed by atoms with Crippen molar-refractivity contribution < 1.29 is 14.3 Å². The summed E-state index contributed by atoms with van der Waals surface area (Å²) >= 11 is 0. The Labute approximate surface area is 144 Å². The third-order valence-corrected chi connectivity index (χ3v) is 4.29. The van der Waals surface area contributed by atoms with Gasteiger partial charge in [-0.15, -0.1) is 0 Å². The van der Waals surface area contributed by atoms with E-state index in [1.54, 1.807) is 19.3 Å². The van der Waals surface area contributed by atoms with Gasteiger partial charge in [-0.2, -0.15) is 0 Å². The van der Waals surface area contributed by atoms with E-state index in [1.807, 2.05) is 29.2 Å². The lowest BCUT2D eigenvalue weighted by Gasteiger charge is -2.18. The number of carbonyl (C=O) groups is 1. The maximum atomic E-state index is 12.4. The first-order chi connectivity index (χ1) is 11.6. The van der Waals surface area contributed by atoms with Gasteiger partial charge in [0.25, 0.3) is 0 Å². The topological polar surface area (TPSA) is 38.8 Å². The number of benzene rings is 1. The third-order valence-electron chi connectivity index (χ3n) is 4.29. The molecule has 1 aliphatic rings. The first-order valence-corrected chi connectivity index (χ1v) is 8.52. The van der Waals surface area contributed by atoms with Crippen LogP contribution in [0.25, 0.3) is 6.08 Å². The van der Waals surface area contributed by atoms with Crippen molar-refractivity contribution in [3.05, 3.63) is 42.5 Å². The summed E-state index contributed by atoms with van der Waals surface area (Å²) in [5, 5.41) is 0. The SMILES string of the molecule is C=CCOc1ccc(C=CC(=O)N2CCCC(C)CC2)cc1OC. The zero-order valence-corrected chi connectivity index (χ0v) is 14.7. The van der Waals surface area contributed by atoms with E-state index in [0.717, 1.165) is 31.5 Å². The molecule has 1 fully saturated rings. The molecule has 1 aliphatic heterocycles. The summed E-state index contributed by atoms with van der Waals surface area (Å²) in [6, 6.07) is 5.63. The minimum Gasteiger partial charge on any atom is -0.493 e. The highest BCUT2D eigenvalue weighted by atomic mass is 16.5. The zero-order valence-electron chi connectivity index (χ0n) is 14.7. The largest absolute Gasteiger partial charge is 0.493 e. The smallest absolute Gasteiger partial charge is 0.246 e. The Kier molecular flexibility index (Phi) is 6.91. The summed E-state index contributed by atoms with van der Waals surface area (Å²) in [7, 11) is 1.60. The number of ether oxygens (including phenoxy) is 2. The summed E-state index contributed by atoms with van der Waals surface area (Å²) < 4.78 is 10.9. The van der Waals surface area contributed by atoms with Crippen molar-refractivity contribution in [1.29, 1.82) is 0 Å². The van der Waals surface area contributed by atoms with Crippen LogP contribution in [-0.4, -0.2) is 37.6 Å². The molecule has 130 valence electrons. The van der Waals surface area contributed by atoms with E-state index in [1.165, 1.54) is 6.42 Å². The standard InChI is InChI=1S/C20H27NO3/c1-4-14-24-18-9-7-17(15-19(18)23-3)8-10-20(22)21-12-5-6-16(2)11-13-21/h4,7-10,15-16H,1,5-6,11-14H2,2-3H3. The Bertz CT molecular complexity index is 595. The van der Waals surface area contributed by atoms with Crippen molar-refractivity contribution in [2.75, 3.05) is 26.8 Å². The van der Waals surface area contributed by atoms with E-state index in [0.29, 0.717) is 24.0 Å². The van der Waals surface area contributed by atoms with E-state index >= 15 is 0 Å². The molecule has 4 heteroatoms.